The predicted octanol–water partition coefficient (Wildman–Crippen LogP) is 3.42. The first kappa shape index (κ1) is 18.3. The van der Waals surface area contributed by atoms with Crippen LogP contribution in [0.5, 0.6) is 0 Å². The number of nitrogens with two attached hydrogens (primary N) is 1. The maximum Gasteiger partial charge on any atom is 0.251 e. The van der Waals surface area contributed by atoms with Crippen LogP contribution in [-0.2, 0) is 21.6 Å². The summed E-state index contributed by atoms with van der Waals surface area (Å²) in [6, 6.07) is 0. The number of halogens is 2. The van der Waals surface area contributed by atoms with Crippen LogP contribution in [-0.4, -0.2) is 23.3 Å². The molecule has 1 aromatic heterocycles. The van der Waals surface area contributed by atoms with Gasteiger partial charge in [0.25, 0.3) is 5.91 Å². The van der Waals surface area contributed by atoms with Gasteiger partial charge in [-0.05, 0) is 33.3 Å². The average molecular weight is 372 g/mol. The van der Waals surface area contributed by atoms with Gasteiger partial charge in [0.1, 0.15) is 5.00 Å². The Morgan fingerprint density at radius 1 is 1.24 bits per heavy atom. The fraction of sp³-hybridized carbons (Fsp3) is 0.647. The van der Waals surface area contributed by atoms with Crippen molar-refractivity contribution in [2.24, 2.45) is 11.7 Å². The zero-order valence-corrected chi connectivity index (χ0v) is 15.5. The molecule has 0 bridgehead atoms. The number of rotatable bonds is 3. The van der Waals surface area contributed by atoms with Gasteiger partial charge in [-0.2, -0.15) is 0 Å². The Morgan fingerprint density at radius 3 is 2.36 bits per heavy atom. The van der Waals surface area contributed by atoms with Crippen molar-refractivity contribution in [1.82, 2.24) is 0 Å². The third-order valence-electron chi connectivity index (χ3n) is 4.63. The van der Waals surface area contributed by atoms with E-state index in [9.17, 15) is 18.4 Å². The van der Waals surface area contributed by atoms with Gasteiger partial charge in [-0.15, -0.1) is 11.3 Å². The van der Waals surface area contributed by atoms with Crippen molar-refractivity contribution in [3.63, 3.8) is 0 Å². The molecule has 0 atom stereocenters. The molecule has 1 aliphatic heterocycles. The first-order chi connectivity index (χ1) is 11.3. The first-order valence-corrected chi connectivity index (χ1v) is 8.98. The molecule has 8 heteroatoms. The Bertz CT molecular complexity index is 747. The van der Waals surface area contributed by atoms with Crippen LogP contribution in [0.25, 0.3) is 0 Å². The summed E-state index contributed by atoms with van der Waals surface area (Å²) in [5.41, 5.74) is 5.47. The molecule has 3 N–H and O–H groups in total. The van der Waals surface area contributed by atoms with E-state index in [0.717, 1.165) is 10.4 Å². The molecule has 0 unspecified atom stereocenters. The van der Waals surface area contributed by atoms with Crippen LogP contribution in [0.1, 0.15) is 61.3 Å². The second-order valence-electron chi connectivity index (χ2n) is 7.98. The number of hydrogen-bond acceptors (Lipinski definition) is 4. The maximum atomic E-state index is 13.0. The number of carbonyl (C=O) groups is 2. The van der Waals surface area contributed by atoms with E-state index >= 15 is 0 Å². The molecule has 0 radical (unpaired) electrons. The molecule has 2 aliphatic rings. The molecule has 1 saturated carbocycles. The molecule has 138 valence electrons. The number of hydrogen-bond donors (Lipinski definition) is 2. The number of thiophene rings is 1. The zero-order chi connectivity index (χ0) is 18.8. The normalized spacial score (nSPS) is 23.4. The van der Waals surface area contributed by atoms with Gasteiger partial charge in [0, 0.05) is 30.1 Å². The highest BCUT2D eigenvalue weighted by Gasteiger charge is 2.49. The molecule has 25 heavy (non-hydrogen) atoms. The van der Waals surface area contributed by atoms with Crippen LogP contribution < -0.4 is 11.1 Å². The summed E-state index contributed by atoms with van der Waals surface area (Å²) >= 11 is 1.23. The second-order valence-corrected chi connectivity index (χ2v) is 9.00. The van der Waals surface area contributed by atoms with Crippen LogP contribution in [0.3, 0.4) is 0 Å². The van der Waals surface area contributed by atoms with Gasteiger partial charge >= 0.3 is 0 Å². The van der Waals surface area contributed by atoms with Gasteiger partial charge in [0.2, 0.25) is 11.8 Å². The molecule has 0 aromatic carbocycles. The number of carbonyl (C=O) groups excluding carboxylic acids is 2. The highest BCUT2D eigenvalue weighted by Crippen LogP contribution is 2.49. The quantitative estimate of drug-likeness (QED) is 0.853. The number of primary amides is 1. The summed E-state index contributed by atoms with van der Waals surface area (Å²) in [4.78, 5) is 25.1. The highest BCUT2D eigenvalue weighted by molar-refractivity contribution is 7.17. The van der Waals surface area contributed by atoms with Crippen molar-refractivity contribution in [2.75, 3.05) is 5.32 Å². The minimum absolute atomic E-state index is 0.267. The van der Waals surface area contributed by atoms with Crippen LogP contribution in [0, 0.1) is 5.92 Å². The van der Waals surface area contributed by atoms with Crippen LogP contribution in [0.15, 0.2) is 0 Å². The summed E-state index contributed by atoms with van der Waals surface area (Å²) in [5, 5.41) is 2.97. The van der Waals surface area contributed by atoms with E-state index in [1.165, 1.54) is 11.3 Å². The van der Waals surface area contributed by atoms with Gasteiger partial charge in [0.15, 0.2) is 0 Å². The molecule has 5 nitrogen and oxygen atoms in total. The maximum absolute atomic E-state index is 13.0. The van der Waals surface area contributed by atoms with Crippen molar-refractivity contribution in [2.45, 2.75) is 64.1 Å². The van der Waals surface area contributed by atoms with Crippen LogP contribution in [0.4, 0.5) is 13.8 Å². The Labute approximate surface area is 148 Å². The topological polar surface area (TPSA) is 81.4 Å². The SMILES string of the molecule is CC1(C)Cc2c(sc(NC(=O)C3CC(F)(F)C3)c2C(N)=O)C(C)(C)O1. The zero-order valence-electron chi connectivity index (χ0n) is 14.7. The Kier molecular flexibility index (Phi) is 4.00. The van der Waals surface area contributed by atoms with Crippen molar-refractivity contribution < 1.29 is 23.1 Å². The molecule has 2 heterocycles. The fourth-order valence-corrected chi connectivity index (χ4v) is 4.99. The molecular weight excluding hydrogens is 350 g/mol. The Morgan fingerprint density at radius 2 is 1.84 bits per heavy atom. The lowest BCUT2D eigenvalue weighted by molar-refractivity contribution is -0.145. The van der Waals surface area contributed by atoms with Gasteiger partial charge in [0.05, 0.1) is 16.8 Å². The third kappa shape index (κ3) is 3.29. The van der Waals surface area contributed by atoms with E-state index in [2.05, 4.69) is 5.32 Å². The average Bonchev–Trinajstić information content (AvgIpc) is 2.72. The summed E-state index contributed by atoms with van der Waals surface area (Å²) < 4.78 is 32.1. The van der Waals surface area contributed by atoms with E-state index in [0.29, 0.717) is 11.4 Å². The van der Waals surface area contributed by atoms with Crippen LogP contribution in [0.2, 0.25) is 0 Å². The lowest BCUT2D eigenvalue weighted by atomic mass is 9.81. The standard InChI is InChI=1S/C17H22F2N2O3S/c1-15(2)7-9-10(12(20)22)14(25-11(9)16(3,4)24-15)21-13(23)8-5-17(18,19)6-8/h8H,5-7H2,1-4H3,(H2,20,22)(H,21,23). The monoisotopic (exact) mass is 372 g/mol. The molecular formula is C17H22F2N2O3S. The van der Waals surface area contributed by atoms with Crippen molar-refractivity contribution >= 4 is 28.2 Å². The minimum Gasteiger partial charge on any atom is -0.365 e. The molecule has 1 aliphatic carbocycles. The van der Waals surface area contributed by atoms with Crippen molar-refractivity contribution in [3.8, 4) is 0 Å². The van der Waals surface area contributed by atoms with E-state index in [-0.39, 0.29) is 5.56 Å². The Hall–Kier alpha value is -1.54. The summed E-state index contributed by atoms with van der Waals surface area (Å²) in [6.45, 7) is 7.64. The lowest BCUT2D eigenvalue weighted by Gasteiger charge is -2.41. The number of anilines is 1. The van der Waals surface area contributed by atoms with Gasteiger partial charge in [-0.3, -0.25) is 9.59 Å². The smallest absolute Gasteiger partial charge is 0.251 e. The Balaban J connectivity index is 1.95. The summed E-state index contributed by atoms with van der Waals surface area (Å²) in [6.07, 6.45) is -0.438. The van der Waals surface area contributed by atoms with Gasteiger partial charge in [-0.1, -0.05) is 0 Å². The first-order valence-electron chi connectivity index (χ1n) is 8.16. The summed E-state index contributed by atoms with van der Waals surface area (Å²) in [5.74, 6) is -4.65. The molecule has 2 amide bonds. The lowest BCUT2D eigenvalue weighted by Crippen LogP contribution is -2.42. The molecule has 1 fully saturated rings. The number of amides is 2. The van der Waals surface area contributed by atoms with E-state index < -0.39 is 47.7 Å². The highest BCUT2D eigenvalue weighted by atomic mass is 32.1. The van der Waals surface area contributed by atoms with Gasteiger partial charge < -0.3 is 15.8 Å². The van der Waals surface area contributed by atoms with E-state index in [1.807, 2.05) is 27.7 Å². The van der Waals surface area contributed by atoms with E-state index in [1.54, 1.807) is 0 Å². The van der Waals surface area contributed by atoms with Crippen molar-refractivity contribution in [1.29, 1.82) is 0 Å². The molecule has 3 rings (SSSR count). The molecule has 0 spiro atoms. The third-order valence-corrected chi connectivity index (χ3v) is 6.08. The minimum atomic E-state index is -2.77. The number of ether oxygens (including phenoxy) is 1. The van der Waals surface area contributed by atoms with Crippen LogP contribution >= 0.6 is 11.3 Å². The number of nitrogens with one attached hydrogen (secondary N) is 1. The molecule has 1 aromatic rings. The summed E-state index contributed by atoms with van der Waals surface area (Å²) in [7, 11) is 0. The van der Waals surface area contributed by atoms with E-state index in [4.69, 9.17) is 10.5 Å². The largest absolute Gasteiger partial charge is 0.365 e. The molecule has 0 saturated heterocycles. The fourth-order valence-electron chi connectivity index (χ4n) is 3.73. The predicted molar refractivity (Wildman–Crippen MR) is 91.0 cm³/mol. The number of fused-ring (bicyclic) bond motifs is 1. The number of alkyl halides is 2. The van der Waals surface area contributed by atoms with Gasteiger partial charge in [-0.25, -0.2) is 8.78 Å². The van der Waals surface area contributed by atoms with Crippen molar-refractivity contribution in [3.05, 3.63) is 16.0 Å². The second kappa shape index (κ2) is 5.48.